The minimum atomic E-state index is -4.61. The van der Waals surface area contributed by atoms with E-state index in [2.05, 4.69) is 15.4 Å². The fourth-order valence-electron chi connectivity index (χ4n) is 4.36. The zero-order valence-corrected chi connectivity index (χ0v) is 23.8. The summed E-state index contributed by atoms with van der Waals surface area (Å²) in [5.41, 5.74) is -0.456. The molecule has 1 amide bonds. The highest BCUT2D eigenvalue weighted by atomic mass is 19.4. The molecule has 0 spiro atoms. The van der Waals surface area contributed by atoms with E-state index in [0.29, 0.717) is 11.3 Å². The summed E-state index contributed by atoms with van der Waals surface area (Å²) in [6.45, 7) is -0.434. The van der Waals surface area contributed by atoms with Gasteiger partial charge < -0.3 is 19.5 Å². The fourth-order valence-corrected chi connectivity index (χ4v) is 4.36. The van der Waals surface area contributed by atoms with Gasteiger partial charge in [0, 0.05) is 16.8 Å². The van der Waals surface area contributed by atoms with Crippen LogP contribution in [0.15, 0.2) is 94.8 Å². The maximum absolute atomic E-state index is 13.5. The van der Waals surface area contributed by atoms with Crippen molar-refractivity contribution >= 4 is 28.7 Å². The predicted octanol–water partition coefficient (Wildman–Crippen LogP) is 6.14. The number of para-hydroxylation sites is 1. The normalized spacial score (nSPS) is 11.5. The Labute approximate surface area is 253 Å². The van der Waals surface area contributed by atoms with Crippen LogP contribution in [0.2, 0.25) is 0 Å². The number of methoxy groups -OCH3 is 2. The number of anilines is 1. The zero-order chi connectivity index (χ0) is 32.1. The Morgan fingerprint density at radius 1 is 0.956 bits per heavy atom. The molecule has 1 N–H and O–H groups in total. The molecule has 0 bridgehead atoms. The van der Waals surface area contributed by atoms with Crippen molar-refractivity contribution in [2.24, 2.45) is 5.10 Å². The lowest BCUT2D eigenvalue weighted by atomic mass is 10.1. The second-order valence-electron chi connectivity index (χ2n) is 9.49. The van der Waals surface area contributed by atoms with Crippen LogP contribution in [0.5, 0.6) is 17.2 Å². The molecule has 0 aliphatic rings. The van der Waals surface area contributed by atoms with Crippen LogP contribution >= 0.6 is 0 Å². The summed E-state index contributed by atoms with van der Waals surface area (Å²) in [6, 6.07) is 19.1. The number of nitrogens with one attached hydrogen (secondary N) is 1. The van der Waals surface area contributed by atoms with Crippen molar-refractivity contribution in [2.75, 3.05) is 26.1 Å². The average Bonchev–Trinajstić information content (AvgIpc) is 3.03. The predicted molar refractivity (Wildman–Crippen MR) is 160 cm³/mol. The van der Waals surface area contributed by atoms with E-state index < -0.39 is 35.6 Å². The lowest BCUT2D eigenvalue weighted by Gasteiger charge is -2.15. The van der Waals surface area contributed by atoms with Crippen LogP contribution < -0.4 is 25.1 Å². The van der Waals surface area contributed by atoms with Crippen molar-refractivity contribution in [3.63, 3.8) is 0 Å². The van der Waals surface area contributed by atoms with Gasteiger partial charge in [0.2, 0.25) is 5.75 Å². The molecule has 0 aliphatic carbocycles. The molecule has 0 saturated heterocycles. The summed E-state index contributed by atoms with van der Waals surface area (Å²) >= 11 is 0. The van der Waals surface area contributed by atoms with Gasteiger partial charge in [-0.25, -0.2) is 9.37 Å². The third kappa shape index (κ3) is 6.93. The van der Waals surface area contributed by atoms with Crippen LogP contribution in [0.1, 0.15) is 11.1 Å². The van der Waals surface area contributed by atoms with Gasteiger partial charge >= 0.3 is 6.18 Å². The van der Waals surface area contributed by atoms with E-state index in [1.54, 1.807) is 18.2 Å². The number of benzene rings is 4. The summed E-state index contributed by atoms with van der Waals surface area (Å²) in [7, 11) is 2.73. The van der Waals surface area contributed by atoms with Gasteiger partial charge in [0.05, 0.1) is 36.9 Å². The molecule has 0 aliphatic heterocycles. The Kier molecular flexibility index (Phi) is 8.79. The van der Waals surface area contributed by atoms with Crippen molar-refractivity contribution in [1.29, 1.82) is 0 Å². The van der Waals surface area contributed by atoms with Gasteiger partial charge in [-0.1, -0.05) is 24.3 Å². The number of carbonyl (C=O) groups excluding carboxylic acids is 1. The van der Waals surface area contributed by atoms with Crippen LogP contribution in [0.25, 0.3) is 22.3 Å². The van der Waals surface area contributed by atoms with Gasteiger partial charge in [0.15, 0.2) is 23.9 Å². The summed E-state index contributed by atoms with van der Waals surface area (Å²) < 4.78 is 71.1. The molecule has 5 rings (SSSR count). The van der Waals surface area contributed by atoms with E-state index in [1.165, 1.54) is 75.0 Å². The Hall–Kier alpha value is -5.72. The number of hydrogen-bond donors (Lipinski definition) is 1. The molecule has 0 radical (unpaired) electrons. The minimum absolute atomic E-state index is 0.0302. The first kappa shape index (κ1) is 30.7. The number of nitrogens with zero attached hydrogens (tertiary/aromatic N) is 3. The number of amides is 1. The number of carbonyl (C=O) groups is 1. The SMILES string of the molecule is COc1cc(C=Nn2c(-c3cccc(C(F)(F)F)c3)nc3ccccc3c2=O)cc(OC)c1OCC(=O)Nc1ccc(F)cc1. The standard InChI is InChI=1S/C32H24F4N4O5/c1-43-26-14-19(15-27(44-2)29(26)45-18-28(41)38-23-12-10-22(33)11-13-23)17-37-40-30(20-6-5-7-21(16-20)32(34,35)36)39-25-9-4-3-8-24(25)31(40)42/h3-17H,18H2,1-2H3,(H,38,41). The van der Waals surface area contributed by atoms with E-state index >= 15 is 0 Å². The van der Waals surface area contributed by atoms with Crippen molar-refractivity contribution < 1.29 is 36.6 Å². The second-order valence-corrected chi connectivity index (χ2v) is 9.49. The largest absolute Gasteiger partial charge is 0.493 e. The molecule has 0 atom stereocenters. The Balaban J connectivity index is 1.49. The smallest absolute Gasteiger partial charge is 0.416 e. The van der Waals surface area contributed by atoms with E-state index in [4.69, 9.17) is 14.2 Å². The highest BCUT2D eigenvalue weighted by Gasteiger charge is 2.31. The number of fused-ring (bicyclic) bond motifs is 1. The van der Waals surface area contributed by atoms with Crippen LogP contribution in [0.3, 0.4) is 0 Å². The molecule has 0 unspecified atom stereocenters. The number of ether oxygens (including phenoxy) is 3. The molecule has 1 heterocycles. The molecule has 45 heavy (non-hydrogen) atoms. The summed E-state index contributed by atoms with van der Waals surface area (Å²) in [4.78, 5) is 30.4. The van der Waals surface area contributed by atoms with Crippen molar-refractivity contribution in [3.8, 4) is 28.6 Å². The average molecular weight is 621 g/mol. The molecule has 0 fully saturated rings. The molecule has 13 heteroatoms. The molecule has 4 aromatic carbocycles. The third-order valence-corrected chi connectivity index (χ3v) is 6.48. The molecular weight excluding hydrogens is 596 g/mol. The summed E-state index contributed by atoms with van der Waals surface area (Å²) in [5.74, 6) is -0.662. The quantitative estimate of drug-likeness (QED) is 0.157. The molecule has 230 valence electrons. The topological polar surface area (TPSA) is 104 Å². The third-order valence-electron chi connectivity index (χ3n) is 6.48. The number of hydrogen-bond acceptors (Lipinski definition) is 7. The van der Waals surface area contributed by atoms with Crippen molar-refractivity contribution in [1.82, 2.24) is 9.66 Å². The van der Waals surface area contributed by atoms with Crippen LogP contribution in [0.4, 0.5) is 23.2 Å². The lowest BCUT2D eigenvalue weighted by Crippen LogP contribution is -2.21. The Morgan fingerprint density at radius 3 is 2.31 bits per heavy atom. The van der Waals surface area contributed by atoms with E-state index in [-0.39, 0.29) is 39.5 Å². The number of aromatic nitrogens is 2. The van der Waals surface area contributed by atoms with Gasteiger partial charge in [-0.15, -0.1) is 0 Å². The van der Waals surface area contributed by atoms with Gasteiger partial charge in [0.1, 0.15) is 5.82 Å². The zero-order valence-electron chi connectivity index (χ0n) is 23.8. The Morgan fingerprint density at radius 2 is 1.64 bits per heavy atom. The van der Waals surface area contributed by atoms with E-state index in [1.807, 2.05) is 0 Å². The van der Waals surface area contributed by atoms with Crippen LogP contribution in [-0.2, 0) is 11.0 Å². The van der Waals surface area contributed by atoms with E-state index in [0.717, 1.165) is 16.8 Å². The minimum Gasteiger partial charge on any atom is -0.493 e. The molecular formula is C32H24F4N4O5. The Bertz CT molecular complexity index is 1930. The van der Waals surface area contributed by atoms with Gasteiger partial charge in [-0.3, -0.25) is 9.59 Å². The molecule has 0 saturated carbocycles. The van der Waals surface area contributed by atoms with Crippen molar-refractivity contribution in [2.45, 2.75) is 6.18 Å². The molecule has 9 nitrogen and oxygen atoms in total. The summed E-state index contributed by atoms with van der Waals surface area (Å²) in [6.07, 6.45) is -3.33. The first-order valence-electron chi connectivity index (χ1n) is 13.3. The molecule has 5 aromatic rings. The lowest BCUT2D eigenvalue weighted by molar-refractivity contribution is -0.137. The number of halogens is 4. The number of alkyl halides is 3. The first-order valence-corrected chi connectivity index (χ1v) is 13.3. The van der Waals surface area contributed by atoms with Crippen LogP contribution in [-0.4, -0.2) is 42.6 Å². The first-order chi connectivity index (χ1) is 21.6. The van der Waals surface area contributed by atoms with E-state index in [9.17, 15) is 27.2 Å². The highest BCUT2D eigenvalue weighted by molar-refractivity contribution is 5.92. The maximum atomic E-state index is 13.5. The summed E-state index contributed by atoms with van der Waals surface area (Å²) in [5, 5.41) is 7.08. The maximum Gasteiger partial charge on any atom is 0.416 e. The monoisotopic (exact) mass is 620 g/mol. The highest BCUT2D eigenvalue weighted by Crippen LogP contribution is 2.38. The van der Waals surface area contributed by atoms with Gasteiger partial charge in [-0.2, -0.15) is 22.9 Å². The van der Waals surface area contributed by atoms with Gasteiger partial charge in [0.25, 0.3) is 11.5 Å². The molecule has 1 aromatic heterocycles. The number of rotatable bonds is 9. The van der Waals surface area contributed by atoms with Crippen molar-refractivity contribution in [3.05, 3.63) is 112 Å². The second kappa shape index (κ2) is 12.9. The van der Waals surface area contributed by atoms with Gasteiger partial charge in [-0.05, 0) is 60.7 Å². The fraction of sp³-hybridized carbons (Fsp3) is 0.125. The van der Waals surface area contributed by atoms with Crippen LogP contribution in [0, 0.1) is 5.82 Å².